The molecule has 0 aliphatic carbocycles. The number of amides is 2. The van der Waals surface area contributed by atoms with Crippen molar-refractivity contribution in [1.82, 2.24) is 4.90 Å². The summed E-state index contributed by atoms with van der Waals surface area (Å²) in [5, 5.41) is 6.67. The van der Waals surface area contributed by atoms with Crippen LogP contribution in [0.3, 0.4) is 0 Å². The summed E-state index contributed by atoms with van der Waals surface area (Å²) >= 11 is 6.40. The molecule has 2 saturated heterocycles. The summed E-state index contributed by atoms with van der Waals surface area (Å²) in [6, 6.07) is 11.1. The van der Waals surface area contributed by atoms with E-state index in [4.69, 9.17) is 16.3 Å². The summed E-state index contributed by atoms with van der Waals surface area (Å²) in [4.78, 5) is 29.3. The quantitative estimate of drug-likeness (QED) is 0.781. The third-order valence-corrected chi connectivity index (χ3v) is 7.03. The SMILES string of the molecule is COc1ccc(NC(=O)[C@H]2C[C@H]3CCCN3[C@@]23C(=O)Nc2c(C)cc(Cl)cc23)cc1. The van der Waals surface area contributed by atoms with Gasteiger partial charge in [0.2, 0.25) is 11.8 Å². The number of carbonyl (C=O) groups excluding carboxylic acids is 2. The van der Waals surface area contributed by atoms with Gasteiger partial charge in [-0.05, 0) is 74.7 Å². The normalized spacial score (nSPS) is 27.1. The number of anilines is 2. The van der Waals surface area contributed by atoms with Crippen molar-refractivity contribution in [1.29, 1.82) is 0 Å². The summed E-state index contributed by atoms with van der Waals surface area (Å²) < 4.78 is 5.19. The highest BCUT2D eigenvalue weighted by molar-refractivity contribution is 6.31. The molecule has 3 aliphatic rings. The van der Waals surface area contributed by atoms with Crippen molar-refractivity contribution in [2.24, 2.45) is 5.92 Å². The van der Waals surface area contributed by atoms with Crippen LogP contribution >= 0.6 is 11.6 Å². The molecule has 3 heterocycles. The number of hydrogen-bond donors (Lipinski definition) is 2. The van der Waals surface area contributed by atoms with Crippen LogP contribution in [0.25, 0.3) is 0 Å². The van der Waals surface area contributed by atoms with Gasteiger partial charge in [-0.25, -0.2) is 0 Å². The van der Waals surface area contributed by atoms with Crippen LogP contribution in [0.2, 0.25) is 5.02 Å². The smallest absolute Gasteiger partial charge is 0.250 e. The number of methoxy groups -OCH3 is 1. The van der Waals surface area contributed by atoms with Crippen LogP contribution in [0.4, 0.5) is 11.4 Å². The van der Waals surface area contributed by atoms with E-state index in [1.165, 1.54) is 0 Å². The minimum atomic E-state index is -1.01. The average Bonchev–Trinajstić information content (AvgIpc) is 3.38. The Bertz CT molecular complexity index is 1040. The molecule has 3 aliphatic heterocycles. The molecule has 0 radical (unpaired) electrons. The molecule has 30 heavy (non-hydrogen) atoms. The van der Waals surface area contributed by atoms with Gasteiger partial charge in [0.1, 0.15) is 11.3 Å². The highest BCUT2D eigenvalue weighted by Gasteiger charge is 2.65. The van der Waals surface area contributed by atoms with Crippen molar-refractivity contribution < 1.29 is 14.3 Å². The van der Waals surface area contributed by atoms with Crippen LogP contribution in [0.1, 0.15) is 30.4 Å². The highest BCUT2D eigenvalue weighted by Crippen LogP contribution is 2.56. The number of fused-ring (bicyclic) bond motifs is 4. The number of nitrogens with zero attached hydrogens (tertiary/aromatic N) is 1. The molecule has 5 rings (SSSR count). The highest BCUT2D eigenvalue weighted by atomic mass is 35.5. The lowest BCUT2D eigenvalue weighted by Gasteiger charge is -2.36. The molecule has 3 atom stereocenters. The maximum atomic E-state index is 13.5. The zero-order chi connectivity index (χ0) is 21.0. The van der Waals surface area contributed by atoms with Gasteiger partial charge in [-0.3, -0.25) is 14.5 Å². The van der Waals surface area contributed by atoms with Gasteiger partial charge < -0.3 is 15.4 Å². The molecule has 2 aromatic carbocycles. The lowest BCUT2D eigenvalue weighted by atomic mass is 9.78. The van der Waals surface area contributed by atoms with Crippen molar-refractivity contribution in [2.45, 2.75) is 37.8 Å². The average molecular weight is 426 g/mol. The third kappa shape index (κ3) is 2.67. The van der Waals surface area contributed by atoms with Crippen molar-refractivity contribution in [3.63, 3.8) is 0 Å². The Morgan fingerprint density at radius 2 is 2.07 bits per heavy atom. The van der Waals surface area contributed by atoms with E-state index in [9.17, 15) is 9.59 Å². The second-order valence-corrected chi connectivity index (χ2v) is 8.80. The minimum absolute atomic E-state index is 0.123. The topological polar surface area (TPSA) is 70.7 Å². The van der Waals surface area contributed by atoms with Crippen LogP contribution in [-0.4, -0.2) is 36.4 Å². The molecule has 2 amide bonds. The van der Waals surface area contributed by atoms with Crippen LogP contribution in [-0.2, 0) is 15.1 Å². The van der Waals surface area contributed by atoms with E-state index in [-0.39, 0.29) is 17.9 Å². The fourth-order valence-corrected chi connectivity index (χ4v) is 5.83. The first-order valence-electron chi connectivity index (χ1n) is 10.3. The van der Waals surface area contributed by atoms with Crippen molar-refractivity contribution in [2.75, 3.05) is 24.3 Å². The van der Waals surface area contributed by atoms with Gasteiger partial charge in [-0.2, -0.15) is 0 Å². The second kappa shape index (κ2) is 7.00. The summed E-state index contributed by atoms with van der Waals surface area (Å²) in [7, 11) is 1.60. The summed E-state index contributed by atoms with van der Waals surface area (Å²) in [6.45, 7) is 2.74. The van der Waals surface area contributed by atoms with E-state index < -0.39 is 11.5 Å². The number of hydrogen-bond acceptors (Lipinski definition) is 4. The molecule has 156 valence electrons. The molecule has 0 saturated carbocycles. The first-order valence-corrected chi connectivity index (χ1v) is 10.7. The zero-order valence-electron chi connectivity index (χ0n) is 17.0. The van der Waals surface area contributed by atoms with E-state index in [1.54, 1.807) is 19.2 Å². The Morgan fingerprint density at radius 3 is 2.80 bits per heavy atom. The zero-order valence-corrected chi connectivity index (χ0v) is 17.8. The summed E-state index contributed by atoms with van der Waals surface area (Å²) in [6.07, 6.45) is 2.68. The lowest BCUT2D eigenvalue weighted by Crippen LogP contribution is -2.53. The second-order valence-electron chi connectivity index (χ2n) is 8.36. The first kappa shape index (κ1) is 19.4. The summed E-state index contributed by atoms with van der Waals surface area (Å²) in [5.74, 6) is -0.0402. The third-order valence-electron chi connectivity index (χ3n) is 6.81. The van der Waals surface area contributed by atoms with Gasteiger partial charge in [-0.1, -0.05) is 11.6 Å². The maximum Gasteiger partial charge on any atom is 0.250 e. The monoisotopic (exact) mass is 425 g/mol. The van der Waals surface area contributed by atoms with Crippen molar-refractivity contribution in [3.8, 4) is 5.75 Å². The van der Waals surface area contributed by atoms with Crippen molar-refractivity contribution >= 4 is 34.8 Å². The Kier molecular flexibility index (Phi) is 4.52. The molecule has 1 spiro atoms. The molecule has 0 bridgehead atoms. The molecule has 6 nitrogen and oxygen atoms in total. The number of halogens is 1. The molecule has 2 aromatic rings. The van der Waals surface area contributed by atoms with Crippen LogP contribution in [0.15, 0.2) is 36.4 Å². The van der Waals surface area contributed by atoms with Crippen LogP contribution < -0.4 is 15.4 Å². The Balaban J connectivity index is 1.57. The molecule has 0 unspecified atom stereocenters. The Hall–Kier alpha value is -2.57. The standard InChI is InChI=1S/C23H24ClN3O3/c1-13-10-14(24)11-18-20(13)26-22(29)23(18)19(12-16-4-3-9-27(16)23)21(28)25-15-5-7-17(30-2)8-6-15/h5-8,10-11,16,19H,3-4,9,12H2,1-2H3,(H,25,28)(H,26,29)/t16-,19-,23-/m1/s1. The molecular formula is C23H24ClN3O3. The minimum Gasteiger partial charge on any atom is -0.497 e. The Morgan fingerprint density at radius 1 is 1.30 bits per heavy atom. The number of benzene rings is 2. The predicted molar refractivity (Wildman–Crippen MR) is 116 cm³/mol. The van der Waals surface area contributed by atoms with Gasteiger partial charge in [-0.15, -0.1) is 0 Å². The molecule has 2 fully saturated rings. The number of nitrogens with one attached hydrogen (secondary N) is 2. The van der Waals surface area contributed by atoms with E-state index in [0.717, 1.165) is 42.0 Å². The van der Waals surface area contributed by atoms with Crippen LogP contribution in [0.5, 0.6) is 5.75 Å². The summed E-state index contributed by atoms with van der Waals surface area (Å²) in [5.41, 5.74) is 2.21. The van der Waals surface area contributed by atoms with E-state index >= 15 is 0 Å². The Labute approximate surface area is 180 Å². The van der Waals surface area contributed by atoms with Gasteiger partial charge in [0.05, 0.1) is 13.0 Å². The number of rotatable bonds is 3. The van der Waals surface area contributed by atoms with Crippen LogP contribution in [0, 0.1) is 12.8 Å². The molecule has 7 heteroatoms. The van der Waals surface area contributed by atoms with E-state index in [1.807, 2.05) is 31.2 Å². The number of ether oxygens (including phenoxy) is 1. The first-order chi connectivity index (χ1) is 14.4. The van der Waals surface area contributed by atoms with Gasteiger partial charge in [0.15, 0.2) is 0 Å². The van der Waals surface area contributed by atoms with Gasteiger partial charge in [0.25, 0.3) is 0 Å². The molecule has 0 aromatic heterocycles. The maximum absolute atomic E-state index is 13.5. The fourth-order valence-electron chi connectivity index (χ4n) is 5.56. The fraction of sp³-hybridized carbons (Fsp3) is 0.391. The molecular weight excluding hydrogens is 402 g/mol. The lowest BCUT2D eigenvalue weighted by molar-refractivity contribution is -0.135. The van der Waals surface area contributed by atoms with Gasteiger partial charge >= 0.3 is 0 Å². The van der Waals surface area contributed by atoms with Crippen molar-refractivity contribution in [3.05, 3.63) is 52.5 Å². The number of aryl methyl sites for hydroxylation is 1. The molecule has 2 N–H and O–H groups in total. The predicted octanol–water partition coefficient (Wildman–Crippen LogP) is 3.93. The van der Waals surface area contributed by atoms with Gasteiger partial charge in [0, 0.05) is 28.0 Å². The largest absolute Gasteiger partial charge is 0.497 e. The van der Waals surface area contributed by atoms with E-state index in [0.29, 0.717) is 17.1 Å². The van der Waals surface area contributed by atoms with E-state index in [2.05, 4.69) is 15.5 Å². The number of carbonyl (C=O) groups is 2.